The monoisotopic (exact) mass is 469 g/mol. The van der Waals surface area contributed by atoms with Crippen LogP contribution in [-0.4, -0.2) is 51.5 Å². The van der Waals surface area contributed by atoms with E-state index in [-0.39, 0.29) is 10.6 Å². The molecule has 172 valence electrons. The maximum absolute atomic E-state index is 14.9. The highest BCUT2D eigenvalue weighted by Gasteiger charge is 2.18. The van der Waals surface area contributed by atoms with Crippen LogP contribution in [0.15, 0.2) is 71.9 Å². The second-order valence-corrected chi connectivity index (χ2v) is 9.25. The second-order valence-electron chi connectivity index (χ2n) is 7.68. The van der Waals surface area contributed by atoms with E-state index in [1.165, 1.54) is 16.8 Å². The zero-order valence-corrected chi connectivity index (χ0v) is 18.9. The van der Waals surface area contributed by atoms with E-state index in [0.29, 0.717) is 31.2 Å². The molecule has 0 aliphatic heterocycles. The number of nitrogens with two attached hydrogens (primary N) is 1. The van der Waals surface area contributed by atoms with E-state index in [2.05, 4.69) is 15.2 Å². The largest absolute Gasteiger partial charge is 0.297 e. The van der Waals surface area contributed by atoms with Gasteiger partial charge >= 0.3 is 0 Å². The molecule has 0 fully saturated rings. The number of hydrogen-bond acceptors (Lipinski definition) is 6. The molecule has 4 rings (SSSR count). The average molecular weight is 470 g/mol. The summed E-state index contributed by atoms with van der Waals surface area (Å²) in [6.45, 7) is 1.89. The number of hydrogen-bond donors (Lipinski definition) is 1. The van der Waals surface area contributed by atoms with Crippen molar-refractivity contribution in [3.63, 3.8) is 0 Å². The van der Waals surface area contributed by atoms with Crippen LogP contribution < -0.4 is 5.14 Å². The lowest BCUT2D eigenvalue weighted by Gasteiger charge is -2.14. The maximum Gasteiger partial charge on any atom is 0.238 e. The second kappa shape index (κ2) is 9.61. The van der Waals surface area contributed by atoms with Gasteiger partial charge in [-0.15, -0.1) is 5.10 Å². The Kier molecular flexibility index (Phi) is 6.63. The molecular weight excluding hydrogens is 445 g/mol. The van der Waals surface area contributed by atoms with E-state index in [1.54, 1.807) is 6.20 Å². The van der Waals surface area contributed by atoms with Crippen molar-refractivity contribution in [1.82, 2.24) is 29.4 Å². The fourth-order valence-electron chi connectivity index (χ4n) is 3.41. The van der Waals surface area contributed by atoms with Gasteiger partial charge in [-0.3, -0.25) is 9.58 Å². The van der Waals surface area contributed by atoms with E-state index in [1.807, 2.05) is 59.2 Å². The first-order valence-electron chi connectivity index (χ1n) is 10.3. The molecule has 0 saturated carbocycles. The lowest BCUT2D eigenvalue weighted by molar-refractivity contribution is 0.298. The third kappa shape index (κ3) is 5.69. The standard InChI is InChI=1S/C22H24FN7O2S/c1-28(12-13-29-11-5-10-25-29)16-21-26-22(14-17-6-3-2-4-7-17)30(27-21)20-9-8-18(15-19(20)23)33(24,31)32/h2-11,15H,12-14,16H2,1H3,(H2,24,31,32). The van der Waals surface area contributed by atoms with Gasteiger partial charge in [0.1, 0.15) is 17.3 Å². The molecular formula is C22H24FN7O2S. The molecule has 0 aliphatic carbocycles. The van der Waals surface area contributed by atoms with Crippen molar-refractivity contribution in [1.29, 1.82) is 0 Å². The number of likely N-dealkylation sites (N-methyl/N-ethyl adjacent to an activating group) is 1. The molecule has 0 radical (unpaired) electrons. The summed E-state index contributed by atoms with van der Waals surface area (Å²) in [6, 6.07) is 15.0. The van der Waals surface area contributed by atoms with Gasteiger partial charge in [-0.05, 0) is 36.9 Å². The summed E-state index contributed by atoms with van der Waals surface area (Å²) in [5.74, 6) is 0.317. The van der Waals surface area contributed by atoms with Gasteiger partial charge in [0.2, 0.25) is 10.0 Å². The third-order valence-corrected chi connectivity index (χ3v) is 5.99. The normalized spacial score (nSPS) is 11.9. The fraction of sp³-hybridized carbons (Fsp3) is 0.227. The molecule has 0 spiro atoms. The fourth-order valence-corrected chi connectivity index (χ4v) is 3.93. The minimum absolute atomic E-state index is 0.103. The van der Waals surface area contributed by atoms with Gasteiger partial charge in [0.25, 0.3) is 0 Å². The number of sulfonamides is 1. The predicted octanol–water partition coefficient (Wildman–Crippen LogP) is 1.97. The molecule has 2 N–H and O–H groups in total. The summed E-state index contributed by atoms with van der Waals surface area (Å²) in [5.41, 5.74) is 1.09. The molecule has 4 aromatic rings. The summed E-state index contributed by atoms with van der Waals surface area (Å²) >= 11 is 0. The van der Waals surface area contributed by atoms with Crippen LogP contribution in [0.5, 0.6) is 0 Å². The molecule has 33 heavy (non-hydrogen) atoms. The molecule has 11 heteroatoms. The van der Waals surface area contributed by atoms with Crippen molar-refractivity contribution in [2.24, 2.45) is 5.14 Å². The summed E-state index contributed by atoms with van der Waals surface area (Å²) in [7, 11) is -2.07. The molecule has 2 heterocycles. The lowest BCUT2D eigenvalue weighted by Crippen LogP contribution is -2.23. The molecule has 0 amide bonds. The zero-order chi connectivity index (χ0) is 23.4. The Hall–Kier alpha value is -3.41. The van der Waals surface area contributed by atoms with E-state index in [0.717, 1.165) is 18.2 Å². The van der Waals surface area contributed by atoms with Crippen LogP contribution in [0.2, 0.25) is 0 Å². The number of benzene rings is 2. The van der Waals surface area contributed by atoms with Gasteiger partial charge in [-0.2, -0.15) is 5.10 Å². The highest BCUT2D eigenvalue weighted by molar-refractivity contribution is 7.89. The van der Waals surface area contributed by atoms with E-state index in [9.17, 15) is 12.8 Å². The molecule has 0 aliphatic rings. The van der Waals surface area contributed by atoms with Crippen molar-refractivity contribution >= 4 is 10.0 Å². The number of aromatic nitrogens is 5. The van der Waals surface area contributed by atoms with Crippen molar-refractivity contribution in [3.8, 4) is 5.69 Å². The topological polar surface area (TPSA) is 112 Å². The number of halogens is 1. The SMILES string of the molecule is CN(CCn1cccn1)Cc1nc(Cc2ccccc2)n(-c2ccc(S(N)(=O)=O)cc2F)n1. The highest BCUT2D eigenvalue weighted by Crippen LogP contribution is 2.20. The minimum atomic E-state index is -4.02. The zero-order valence-electron chi connectivity index (χ0n) is 18.0. The summed E-state index contributed by atoms with van der Waals surface area (Å²) in [6.07, 6.45) is 4.06. The summed E-state index contributed by atoms with van der Waals surface area (Å²) in [5, 5.41) is 13.9. The van der Waals surface area contributed by atoms with Crippen LogP contribution >= 0.6 is 0 Å². The van der Waals surface area contributed by atoms with Crippen molar-refractivity contribution in [2.75, 3.05) is 13.6 Å². The highest BCUT2D eigenvalue weighted by atomic mass is 32.2. The predicted molar refractivity (Wildman–Crippen MR) is 120 cm³/mol. The maximum atomic E-state index is 14.9. The number of primary sulfonamides is 1. The molecule has 2 aromatic carbocycles. The van der Waals surface area contributed by atoms with Crippen molar-refractivity contribution in [3.05, 3.63) is 90.0 Å². The van der Waals surface area contributed by atoms with Gasteiger partial charge in [0, 0.05) is 25.4 Å². The van der Waals surface area contributed by atoms with E-state index in [4.69, 9.17) is 5.14 Å². The van der Waals surface area contributed by atoms with Crippen LogP contribution in [0.25, 0.3) is 5.69 Å². The first-order chi connectivity index (χ1) is 15.8. The molecule has 0 atom stereocenters. The number of nitrogens with zero attached hydrogens (tertiary/aromatic N) is 6. The van der Waals surface area contributed by atoms with Gasteiger partial charge in [0.15, 0.2) is 5.82 Å². The van der Waals surface area contributed by atoms with Crippen LogP contribution in [0.1, 0.15) is 17.2 Å². The van der Waals surface area contributed by atoms with Gasteiger partial charge in [-0.25, -0.2) is 27.6 Å². The van der Waals surface area contributed by atoms with Crippen LogP contribution in [-0.2, 0) is 29.5 Å². The van der Waals surface area contributed by atoms with Crippen LogP contribution in [0.4, 0.5) is 4.39 Å². The first kappa shape index (κ1) is 22.8. The minimum Gasteiger partial charge on any atom is -0.297 e. The molecule has 0 saturated heterocycles. The third-order valence-electron chi connectivity index (χ3n) is 5.08. The Morgan fingerprint density at radius 1 is 1.12 bits per heavy atom. The Balaban J connectivity index is 1.62. The summed E-state index contributed by atoms with van der Waals surface area (Å²) in [4.78, 5) is 6.41. The quantitative estimate of drug-likeness (QED) is 0.401. The van der Waals surface area contributed by atoms with Gasteiger partial charge in [-0.1, -0.05) is 30.3 Å². The van der Waals surface area contributed by atoms with Crippen LogP contribution in [0.3, 0.4) is 0 Å². The first-order valence-corrected chi connectivity index (χ1v) is 11.8. The van der Waals surface area contributed by atoms with Crippen molar-refractivity contribution in [2.45, 2.75) is 24.4 Å². The van der Waals surface area contributed by atoms with E-state index < -0.39 is 15.8 Å². The Bertz CT molecular complexity index is 1320. The van der Waals surface area contributed by atoms with Gasteiger partial charge < -0.3 is 0 Å². The Morgan fingerprint density at radius 2 is 1.91 bits per heavy atom. The Labute approximate surface area is 191 Å². The van der Waals surface area contributed by atoms with Crippen LogP contribution in [0, 0.1) is 5.82 Å². The van der Waals surface area contributed by atoms with E-state index >= 15 is 0 Å². The summed E-state index contributed by atoms with van der Waals surface area (Å²) < 4.78 is 41.3. The number of rotatable bonds is 9. The lowest BCUT2D eigenvalue weighted by atomic mass is 10.1. The Morgan fingerprint density at radius 3 is 2.58 bits per heavy atom. The molecule has 9 nitrogen and oxygen atoms in total. The van der Waals surface area contributed by atoms with Gasteiger partial charge in [0.05, 0.1) is 18.0 Å². The average Bonchev–Trinajstić information content (AvgIpc) is 3.42. The smallest absolute Gasteiger partial charge is 0.238 e. The molecule has 0 bridgehead atoms. The molecule has 0 unspecified atom stereocenters. The van der Waals surface area contributed by atoms with Crippen molar-refractivity contribution < 1.29 is 12.8 Å². The molecule has 2 aromatic heterocycles.